The summed E-state index contributed by atoms with van der Waals surface area (Å²) in [7, 11) is -3.69. The van der Waals surface area contributed by atoms with Crippen LogP contribution in [0.3, 0.4) is 0 Å². The molecule has 2 fully saturated rings. The molecule has 0 bridgehead atoms. The van der Waals surface area contributed by atoms with Gasteiger partial charge < -0.3 is 19.9 Å². The van der Waals surface area contributed by atoms with Crippen molar-refractivity contribution in [1.82, 2.24) is 9.29 Å². The van der Waals surface area contributed by atoms with Gasteiger partial charge in [0.25, 0.3) is 0 Å². The number of amides is 1. The quantitative estimate of drug-likeness (QED) is 0.449. The van der Waals surface area contributed by atoms with Crippen molar-refractivity contribution in [3.05, 3.63) is 66.2 Å². The van der Waals surface area contributed by atoms with Gasteiger partial charge in [-0.2, -0.15) is 4.31 Å². The Morgan fingerprint density at radius 3 is 2.56 bits per heavy atom. The highest BCUT2D eigenvalue weighted by molar-refractivity contribution is 7.89. The number of hydrogen-bond acceptors (Lipinski definition) is 7. The molecule has 2 aromatic carbocycles. The summed E-state index contributed by atoms with van der Waals surface area (Å²) in [6.45, 7) is 3.91. The Morgan fingerprint density at radius 1 is 1.10 bits per heavy atom. The van der Waals surface area contributed by atoms with E-state index in [1.54, 1.807) is 36.4 Å². The Kier molecular flexibility index (Phi) is 6.16. The predicted octanol–water partition coefficient (Wildman–Crippen LogP) is 4.32. The molecule has 1 aromatic heterocycles. The zero-order valence-electron chi connectivity index (χ0n) is 21.9. The first-order valence-electron chi connectivity index (χ1n) is 13.2. The summed E-state index contributed by atoms with van der Waals surface area (Å²) in [6.07, 6.45) is 2.85. The topological polar surface area (TPSA) is 118 Å². The Morgan fingerprint density at radius 2 is 1.85 bits per heavy atom. The van der Waals surface area contributed by atoms with Crippen LogP contribution >= 0.6 is 0 Å². The van der Waals surface area contributed by atoms with E-state index in [9.17, 15) is 18.3 Å². The second kappa shape index (κ2) is 9.32. The average molecular weight is 552 g/mol. The Balaban J connectivity index is 0.00000323. The lowest BCUT2D eigenvalue weighted by molar-refractivity contribution is -0.118. The van der Waals surface area contributed by atoms with Gasteiger partial charge in [0.2, 0.25) is 21.7 Å². The molecule has 0 unspecified atom stereocenters. The van der Waals surface area contributed by atoms with Crippen LogP contribution < -0.4 is 14.8 Å². The van der Waals surface area contributed by atoms with E-state index in [0.717, 1.165) is 30.4 Å². The van der Waals surface area contributed by atoms with Crippen LogP contribution in [0.4, 0.5) is 5.82 Å². The van der Waals surface area contributed by atoms with Crippen molar-refractivity contribution in [2.45, 2.75) is 61.7 Å². The molecule has 2 aliphatic heterocycles. The molecule has 9 nitrogen and oxygen atoms in total. The summed E-state index contributed by atoms with van der Waals surface area (Å²) >= 11 is 0. The van der Waals surface area contributed by atoms with E-state index in [0.29, 0.717) is 36.0 Å². The first-order valence-corrected chi connectivity index (χ1v) is 14.6. The van der Waals surface area contributed by atoms with Gasteiger partial charge in [0, 0.05) is 33.4 Å². The van der Waals surface area contributed by atoms with Crippen LogP contribution in [0.2, 0.25) is 0 Å². The van der Waals surface area contributed by atoms with Gasteiger partial charge in [0.15, 0.2) is 11.5 Å². The molecule has 206 valence electrons. The maximum Gasteiger partial charge on any atom is 0.246 e. The molecule has 1 saturated carbocycles. The second-order valence-electron chi connectivity index (χ2n) is 10.8. The minimum Gasteiger partial charge on any atom is -0.449 e. The summed E-state index contributed by atoms with van der Waals surface area (Å²) in [4.78, 5) is 18.2. The Hall–Kier alpha value is -3.47. The fourth-order valence-corrected chi connectivity index (χ4v) is 7.12. The molecule has 2 N–H and O–H groups in total. The number of aliphatic hydroxyl groups excluding tert-OH is 1. The number of anilines is 1. The smallest absolute Gasteiger partial charge is 0.246 e. The maximum absolute atomic E-state index is 13.4. The number of nitrogens with zero attached hydrogens (tertiary/aromatic N) is 2. The third-order valence-corrected chi connectivity index (χ3v) is 9.64. The van der Waals surface area contributed by atoms with Crippen molar-refractivity contribution in [3.8, 4) is 22.8 Å². The van der Waals surface area contributed by atoms with E-state index >= 15 is 0 Å². The van der Waals surface area contributed by atoms with Gasteiger partial charge >= 0.3 is 0 Å². The van der Waals surface area contributed by atoms with E-state index in [1.165, 1.54) is 4.31 Å². The number of aromatic nitrogens is 1. The van der Waals surface area contributed by atoms with Crippen LogP contribution in [-0.2, 0) is 20.2 Å². The number of benzene rings is 2. The largest absolute Gasteiger partial charge is 0.449 e. The molecule has 1 amide bonds. The van der Waals surface area contributed by atoms with Crippen molar-refractivity contribution >= 4 is 21.7 Å². The van der Waals surface area contributed by atoms with E-state index in [2.05, 4.69) is 10.3 Å². The first kappa shape index (κ1) is 25.8. The lowest BCUT2D eigenvalue weighted by atomic mass is 9.94. The molecule has 6 rings (SSSR count). The minimum atomic E-state index is -3.69. The normalized spacial score (nSPS) is 21.1. The maximum atomic E-state index is 13.4. The molecule has 3 heterocycles. The molecule has 39 heavy (non-hydrogen) atoms. The number of carbonyl (C=O) groups excluding carboxylic acids is 1. The number of ether oxygens (including phenoxy) is 2. The minimum absolute atomic E-state index is 0. The number of sulfonamides is 1. The Bertz CT molecular complexity index is 1540. The van der Waals surface area contributed by atoms with Crippen LogP contribution in [0, 0.1) is 0 Å². The number of hydrogen-bond donors (Lipinski definition) is 2. The van der Waals surface area contributed by atoms with Crippen molar-refractivity contribution in [3.63, 3.8) is 0 Å². The molecule has 1 saturated heterocycles. The van der Waals surface area contributed by atoms with Crippen molar-refractivity contribution in [1.29, 1.82) is 0 Å². The summed E-state index contributed by atoms with van der Waals surface area (Å²) in [5.41, 5.74) is 1.58. The number of carbonyl (C=O) groups is 1. The van der Waals surface area contributed by atoms with Gasteiger partial charge in [-0.05, 0) is 67.6 Å². The number of nitrogens with one attached hydrogen (secondary N) is 1. The van der Waals surface area contributed by atoms with E-state index in [-0.39, 0.29) is 24.9 Å². The van der Waals surface area contributed by atoms with Gasteiger partial charge in [-0.3, -0.25) is 4.79 Å². The van der Waals surface area contributed by atoms with Crippen LogP contribution in [0.15, 0.2) is 65.6 Å². The number of pyridine rings is 1. The van der Waals surface area contributed by atoms with Crippen LogP contribution in [-0.4, -0.2) is 53.7 Å². The molecule has 3 aromatic rings. The predicted molar refractivity (Wildman–Crippen MR) is 147 cm³/mol. The van der Waals surface area contributed by atoms with Crippen LogP contribution in [0.25, 0.3) is 11.3 Å². The second-order valence-corrected chi connectivity index (χ2v) is 12.7. The SMILES string of the molecule is CC1(C)Oc2ccc(C3(C(=O)Nc4cccc(-c5ccc(S(=O)(=O)N6CCC[C@@H]6CO)cc5)n4)CC3)cc2O1.[HH]. The number of rotatable bonds is 7. The fourth-order valence-electron chi connectivity index (χ4n) is 5.43. The van der Waals surface area contributed by atoms with Gasteiger partial charge in [-0.25, -0.2) is 13.4 Å². The first-order chi connectivity index (χ1) is 18.6. The van der Waals surface area contributed by atoms with Gasteiger partial charge in [-0.15, -0.1) is 0 Å². The molecule has 0 radical (unpaired) electrons. The van der Waals surface area contributed by atoms with Crippen molar-refractivity contribution in [2.24, 2.45) is 0 Å². The zero-order valence-corrected chi connectivity index (χ0v) is 22.7. The highest BCUT2D eigenvalue weighted by Gasteiger charge is 2.52. The molecule has 3 aliphatic rings. The van der Waals surface area contributed by atoms with Crippen LogP contribution in [0.5, 0.6) is 11.5 Å². The number of aliphatic hydroxyl groups is 1. The summed E-state index contributed by atoms with van der Waals surface area (Å²) in [5, 5.41) is 12.5. The molecule has 1 atom stereocenters. The van der Waals surface area contributed by atoms with E-state index in [1.807, 2.05) is 38.1 Å². The lowest BCUT2D eigenvalue weighted by Crippen LogP contribution is -2.37. The molecule has 0 spiro atoms. The monoisotopic (exact) mass is 551 g/mol. The zero-order chi connectivity index (χ0) is 27.4. The van der Waals surface area contributed by atoms with Crippen molar-refractivity contribution < 1.29 is 29.2 Å². The molecule has 1 aliphatic carbocycles. The number of fused-ring (bicyclic) bond motifs is 1. The van der Waals surface area contributed by atoms with Gasteiger partial charge in [0.05, 0.1) is 22.6 Å². The van der Waals surface area contributed by atoms with Crippen LogP contribution in [0.1, 0.15) is 46.5 Å². The molecular formula is C29H33N3O6S. The standard InChI is InChI=1S/C29H31N3O6S.H2/c1-28(2)37-24-13-10-20(17-25(24)38-28)29(14-15-29)27(34)31-26-7-3-6-23(30-26)19-8-11-22(12-9-19)39(35,36)32-16-4-5-21(32)18-33;/h3,6-13,17,21,33H,4-5,14-16,18H2,1-2H3,(H,30,31,34);1H/t21-;/m1./s1. The van der Waals surface area contributed by atoms with E-state index in [4.69, 9.17) is 9.47 Å². The highest BCUT2D eigenvalue weighted by Crippen LogP contribution is 2.52. The Labute approximate surface area is 229 Å². The third-order valence-electron chi connectivity index (χ3n) is 7.67. The fraction of sp³-hybridized carbons (Fsp3) is 0.379. The summed E-state index contributed by atoms with van der Waals surface area (Å²) < 4.78 is 39.2. The third kappa shape index (κ3) is 4.66. The lowest BCUT2D eigenvalue weighted by Gasteiger charge is -2.22. The average Bonchev–Trinajstić information content (AvgIpc) is 3.47. The highest BCUT2D eigenvalue weighted by atomic mass is 32.2. The summed E-state index contributed by atoms with van der Waals surface area (Å²) in [5.74, 6) is 0.865. The summed E-state index contributed by atoms with van der Waals surface area (Å²) in [6, 6.07) is 17.2. The van der Waals surface area contributed by atoms with Gasteiger partial charge in [-0.1, -0.05) is 24.3 Å². The molecular weight excluding hydrogens is 518 g/mol. The van der Waals surface area contributed by atoms with Gasteiger partial charge in [0.1, 0.15) is 5.82 Å². The van der Waals surface area contributed by atoms with Crippen molar-refractivity contribution in [2.75, 3.05) is 18.5 Å². The molecule has 10 heteroatoms. The van der Waals surface area contributed by atoms with E-state index < -0.39 is 21.2 Å².